The summed E-state index contributed by atoms with van der Waals surface area (Å²) in [6, 6.07) is 13.3. The van der Waals surface area contributed by atoms with E-state index in [0.29, 0.717) is 11.5 Å². The predicted octanol–water partition coefficient (Wildman–Crippen LogP) is 2.90. The maximum absolute atomic E-state index is 12.2. The van der Waals surface area contributed by atoms with Crippen LogP contribution in [0.4, 0.5) is 5.82 Å². The number of carbonyl (C=O) groups is 2. The van der Waals surface area contributed by atoms with E-state index in [-0.39, 0.29) is 24.7 Å². The van der Waals surface area contributed by atoms with E-state index in [2.05, 4.69) is 10.1 Å². The zero-order chi connectivity index (χ0) is 17.4. The van der Waals surface area contributed by atoms with Crippen LogP contribution in [0.2, 0.25) is 0 Å². The van der Waals surface area contributed by atoms with Crippen LogP contribution in [-0.4, -0.2) is 26.6 Å². The van der Waals surface area contributed by atoms with Crippen molar-refractivity contribution in [3.8, 4) is 16.9 Å². The van der Waals surface area contributed by atoms with Crippen molar-refractivity contribution in [3.05, 3.63) is 60.4 Å². The van der Waals surface area contributed by atoms with Crippen molar-refractivity contribution in [2.75, 3.05) is 4.90 Å². The molecule has 1 aliphatic rings. The molecule has 3 aromatic rings. The average molecular weight is 332 g/mol. The van der Waals surface area contributed by atoms with Gasteiger partial charge in [-0.3, -0.25) is 14.6 Å². The third-order valence-corrected chi connectivity index (χ3v) is 4.23. The molecule has 0 bridgehead atoms. The van der Waals surface area contributed by atoms with Crippen LogP contribution >= 0.6 is 0 Å². The van der Waals surface area contributed by atoms with Crippen LogP contribution in [-0.2, 0) is 9.59 Å². The molecule has 0 radical (unpaired) electrons. The van der Waals surface area contributed by atoms with Gasteiger partial charge in [-0.15, -0.1) is 0 Å². The van der Waals surface area contributed by atoms with E-state index in [1.54, 1.807) is 23.1 Å². The first kappa shape index (κ1) is 15.3. The van der Waals surface area contributed by atoms with Crippen molar-refractivity contribution < 1.29 is 9.59 Å². The van der Waals surface area contributed by atoms with Crippen molar-refractivity contribution in [3.63, 3.8) is 0 Å². The highest BCUT2D eigenvalue weighted by Crippen LogP contribution is 2.30. The summed E-state index contributed by atoms with van der Waals surface area (Å²) in [4.78, 5) is 29.7. The predicted molar refractivity (Wildman–Crippen MR) is 93.3 cm³/mol. The maximum atomic E-state index is 12.2. The quantitative estimate of drug-likeness (QED) is 0.692. The normalized spacial score (nSPS) is 14.4. The Morgan fingerprint density at radius 2 is 1.56 bits per heavy atom. The van der Waals surface area contributed by atoms with Gasteiger partial charge in [0, 0.05) is 36.9 Å². The molecule has 0 spiro atoms. The Kier molecular flexibility index (Phi) is 3.65. The summed E-state index contributed by atoms with van der Waals surface area (Å²) in [5.74, 6) is 0.0854. The second-order valence-corrected chi connectivity index (χ2v) is 5.99. The summed E-state index contributed by atoms with van der Waals surface area (Å²) in [6.45, 7) is 2.00. The molecule has 3 heterocycles. The lowest BCUT2D eigenvalue weighted by Crippen LogP contribution is -2.30. The van der Waals surface area contributed by atoms with Crippen molar-refractivity contribution in [1.82, 2.24) is 14.8 Å². The molecule has 1 saturated heterocycles. The van der Waals surface area contributed by atoms with Crippen molar-refractivity contribution in [2.24, 2.45) is 0 Å². The van der Waals surface area contributed by atoms with Crippen LogP contribution in [0.3, 0.4) is 0 Å². The largest absolute Gasteiger partial charge is 0.274 e. The van der Waals surface area contributed by atoms with E-state index in [4.69, 9.17) is 0 Å². The van der Waals surface area contributed by atoms with Crippen molar-refractivity contribution in [2.45, 2.75) is 19.8 Å². The molecule has 0 N–H and O–H groups in total. The van der Waals surface area contributed by atoms with E-state index >= 15 is 0 Å². The first-order chi connectivity index (χ1) is 12.1. The summed E-state index contributed by atoms with van der Waals surface area (Å²) in [5, 5.41) is 4.64. The van der Waals surface area contributed by atoms with Crippen LogP contribution < -0.4 is 4.90 Å². The number of pyridine rings is 1. The third kappa shape index (κ3) is 2.71. The van der Waals surface area contributed by atoms with E-state index < -0.39 is 0 Å². The third-order valence-electron chi connectivity index (χ3n) is 4.23. The second kappa shape index (κ2) is 5.98. The number of carbonyl (C=O) groups excluding carboxylic acids is 2. The zero-order valence-electron chi connectivity index (χ0n) is 13.7. The number of hydrogen-bond acceptors (Lipinski definition) is 4. The number of aromatic nitrogens is 3. The summed E-state index contributed by atoms with van der Waals surface area (Å²) in [7, 11) is 0. The van der Waals surface area contributed by atoms with E-state index in [0.717, 1.165) is 16.8 Å². The number of rotatable bonds is 3. The monoisotopic (exact) mass is 332 g/mol. The number of nitrogens with zero attached hydrogens (tertiary/aromatic N) is 4. The Morgan fingerprint density at radius 3 is 2.20 bits per heavy atom. The molecular formula is C19H16N4O2. The first-order valence-corrected chi connectivity index (χ1v) is 8.07. The van der Waals surface area contributed by atoms with Crippen LogP contribution in [0.25, 0.3) is 16.9 Å². The fourth-order valence-electron chi connectivity index (χ4n) is 2.90. The SMILES string of the molecule is Cc1ccc(-n2nc(-c3ccncc3)cc2N2C(=O)CCC2=O)cc1. The van der Waals surface area contributed by atoms with Crippen LogP contribution in [0.1, 0.15) is 18.4 Å². The number of aryl methyl sites for hydroxylation is 1. The first-order valence-electron chi connectivity index (χ1n) is 8.07. The van der Waals surface area contributed by atoms with Gasteiger partial charge in [0.15, 0.2) is 0 Å². The summed E-state index contributed by atoms with van der Waals surface area (Å²) in [5.41, 5.74) is 3.49. The van der Waals surface area contributed by atoms with E-state index in [9.17, 15) is 9.59 Å². The molecule has 6 nitrogen and oxygen atoms in total. The van der Waals surface area contributed by atoms with Gasteiger partial charge < -0.3 is 0 Å². The molecule has 1 aliphatic heterocycles. The lowest BCUT2D eigenvalue weighted by atomic mass is 10.2. The molecule has 124 valence electrons. The lowest BCUT2D eigenvalue weighted by Gasteiger charge is -2.15. The number of benzene rings is 1. The van der Waals surface area contributed by atoms with Gasteiger partial charge in [0.05, 0.1) is 11.4 Å². The minimum atomic E-state index is -0.195. The molecule has 6 heteroatoms. The molecule has 4 rings (SSSR count). The lowest BCUT2D eigenvalue weighted by molar-refractivity contribution is -0.121. The summed E-state index contributed by atoms with van der Waals surface area (Å²) in [6.07, 6.45) is 3.85. The van der Waals surface area contributed by atoms with Crippen molar-refractivity contribution in [1.29, 1.82) is 0 Å². The number of amides is 2. The van der Waals surface area contributed by atoms with E-state index in [1.807, 2.05) is 43.3 Å². The highest BCUT2D eigenvalue weighted by Gasteiger charge is 2.33. The standard InChI is InChI=1S/C19H16N4O2/c1-13-2-4-15(5-3-13)23-17(22-18(24)6-7-19(22)25)12-16(21-23)14-8-10-20-11-9-14/h2-5,8-12H,6-7H2,1H3. The molecule has 0 atom stereocenters. The van der Waals surface area contributed by atoms with Gasteiger partial charge >= 0.3 is 0 Å². The summed E-state index contributed by atoms with van der Waals surface area (Å²) >= 11 is 0. The molecule has 0 saturated carbocycles. The fourth-order valence-corrected chi connectivity index (χ4v) is 2.90. The van der Waals surface area contributed by atoms with Gasteiger partial charge in [-0.2, -0.15) is 5.10 Å². The highest BCUT2D eigenvalue weighted by atomic mass is 16.2. The minimum absolute atomic E-state index is 0.195. The fraction of sp³-hybridized carbons (Fsp3) is 0.158. The smallest absolute Gasteiger partial charge is 0.235 e. The van der Waals surface area contributed by atoms with E-state index in [1.165, 1.54) is 4.90 Å². The molecule has 1 fully saturated rings. The number of imide groups is 1. The Balaban J connectivity index is 1.88. The van der Waals surface area contributed by atoms with Gasteiger partial charge in [0.25, 0.3) is 0 Å². The Labute approximate surface area is 144 Å². The zero-order valence-corrected chi connectivity index (χ0v) is 13.7. The van der Waals surface area contributed by atoms with Gasteiger partial charge in [-0.25, -0.2) is 9.58 Å². The topological polar surface area (TPSA) is 68.1 Å². The van der Waals surface area contributed by atoms with Crippen LogP contribution in [0, 0.1) is 6.92 Å². The van der Waals surface area contributed by atoms with Gasteiger partial charge in [0.1, 0.15) is 5.82 Å². The second-order valence-electron chi connectivity index (χ2n) is 5.99. The molecular weight excluding hydrogens is 316 g/mol. The van der Waals surface area contributed by atoms with Gasteiger partial charge in [0.2, 0.25) is 11.8 Å². The van der Waals surface area contributed by atoms with Gasteiger partial charge in [-0.1, -0.05) is 17.7 Å². The van der Waals surface area contributed by atoms with Crippen LogP contribution in [0.5, 0.6) is 0 Å². The molecule has 1 aromatic carbocycles. The number of hydrogen-bond donors (Lipinski definition) is 0. The highest BCUT2D eigenvalue weighted by molar-refractivity contribution is 6.19. The Morgan fingerprint density at radius 1 is 0.920 bits per heavy atom. The average Bonchev–Trinajstić information content (AvgIpc) is 3.20. The molecule has 2 amide bonds. The molecule has 2 aromatic heterocycles. The molecule has 25 heavy (non-hydrogen) atoms. The number of anilines is 1. The molecule has 0 aliphatic carbocycles. The van der Waals surface area contributed by atoms with Crippen LogP contribution in [0.15, 0.2) is 54.9 Å². The van der Waals surface area contributed by atoms with Gasteiger partial charge in [-0.05, 0) is 31.2 Å². The summed E-state index contributed by atoms with van der Waals surface area (Å²) < 4.78 is 1.65. The Bertz CT molecular complexity index is 929. The maximum Gasteiger partial charge on any atom is 0.235 e. The van der Waals surface area contributed by atoms with Crippen molar-refractivity contribution >= 4 is 17.6 Å². The minimum Gasteiger partial charge on any atom is -0.274 e. The molecule has 0 unspecified atom stereocenters. The Hall–Kier alpha value is -3.28.